The van der Waals surface area contributed by atoms with E-state index in [1.807, 2.05) is 25.1 Å². The smallest absolute Gasteiger partial charge is 0.338 e. The lowest BCUT2D eigenvalue weighted by molar-refractivity contribution is -0.139. The number of nitrogens with zero attached hydrogens (tertiary/aromatic N) is 1. The zero-order valence-corrected chi connectivity index (χ0v) is 17.0. The van der Waals surface area contributed by atoms with Crippen LogP contribution in [0.5, 0.6) is 0 Å². The van der Waals surface area contributed by atoms with E-state index in [1.54, 1.807) is 37.4 Å². The van der Waals surface area contributed by atoms with Gasteiger partial charge in [-0.15, -0.1) is 0 Å². The van der Waals surface area contributed by atoms with E-state index in [2.05, 4.69) is 20.9 Å². The summed E-state index contributed by atoms with van der Waals surface area (Å²) in [7, 11) is 0. The largest absolute Gasteiger partial charge is 0.463 e. The molecule has 0 bridgehead atoms. The number of urea groups is 1. The molecule has 8 heteroatoms. The lowest BCUT2D eigenvalue weighted by Gasteiger charge is -2.30. The van der Waals surface area contributed by atoms with Gasteiger partial charge in [0, 0.05) is 29.5 Å². The lowest BCUT2D eigenvalue weighted by atomic mass is 9.95. The average Bonchev–Trinajstić information content (AvgIpc) is 2.72. The van der Waals surface area contributed by atoms with Crippen molar-refractivity contribution < 1.29 is 14.3 Å². The molecular formula is C21H23ClN4O3. The number of carbonyl (C=O) groups is 2. The molecule has 0 radical (unpaired) electrons. The molecule has 2 atom stereocenters. The van der Waals surface area contributed by atoms with E-state index in [1.165, 1.54) is 0 Å². The highest BCUT2D eigenvalue weighted by atomic mass is 35.5. The molecule has 1 aromatic carbocycles. The van der Waals surface area contributed by atoms with Gasteiger partial charge in [0.2, 0.25) is 0 Å². The highest BCUT2D eigenvalue weighted by Crippen LogP contribution is 2.28. The van der Waals surface area contributed by atoms with Gasteiger partial charge in [-0.05, 0) is 43.7 Å². The first-order chi connectivity index (χ1) is 14.0. The third kappa shape index (κ3) is 5.13. The van der Waals surface area contributed by atoms with Crippen molar-refractivity contribution in [1.82, 2.24) is 20.9 Å². The van der Waals surface area contributed by atoms with E-state index in [0.29, 0.717) is 16.3 Å². The van der Waals surface area contributed by atoms with Gasteiger partial charge in [-0.1, -0.05) is 29.8 Å². The molecule has 0 spiro atoms. The Hall–Kier alpha value is -2.90. The van der Waals surface area contributed by atoms with Crippen LogP contribution >= 0.6 is 11.6 Å². The van der Waals surface area contributed by atoms with Gasteiger partial charge in [-0.25, -0.2) is 9.59 Å². The predicted molar refractivity (Wildman–Crippen MR) is 110 cm³/mol. The monoisotopic (exact) mass is 414 g/mol. The molecule has 0 saturated heterocycles. The van der Waals surface area contributed by atoms with Crippen LogP contribution in [0.1, 0.15) is 37.2 Å². The minimum atomic E-state index is -0.637. The van der Waals surface area contributed by atoms with Gasteiger partial charge in [-0.3, -0.25) is 4.98 Å². The Balaban J connectivity index is 1.91. The maximum atomic E-state index is 12.7. The zero-order chi connectivity index (χ0) is 20.8. The van der Waals surface area contributed by atoms with Crippen molar-refractivity contribution in [3.05, 3.63) is 76.2 Å². The summed E-state index contributed by atoms with van der Waals surface area (Å²) < 4.78 is 5.26. The maximum absolute atomic E-state index is 12.7. The number of aromatic nitrogens is 1. The van der Waals surface area contributed by atoms with Crippen molar-refractivity contribution in [2.75, 3.05) is 13.2 Å². The van der Waals surface area contributed by atoms with Crippen LogP contribution in [-0.2, 0) is 9.53 Å². The highest BCUT2D eigenvalue weighted by molar-refractivity contribution is 6.30. The molecule has 0 fully saturated rings. The summed E-state index contributed by atoms with van der Waals surface area (Å²) in [5.41, 5.74) is 2.42. The number of carbonyl (C=O) groups excluding carboxylic acids is 2. The number of pyridine rings is 1. The summed E-state index contributed by atoms with van der Waals surface area (Å²) in [6.45, 7) is 4.20. The number of rotatable bonds is 7. The van der Waals surface area contributed by atoms with Crippen LogP contribution in [-0.4, -0.2) is 30.1 Å². The summed E-state index contributed by atoms with van der Waals surface area (Å²) in [5, 5.41) is 9.42. The molecule has 2 amide bonds. The Morgan fingerprint density at radius 3 is 2.69 bits per heavy atom. The molecule has 3 rings (SSSR count). The summed E-state index contributed by atoms with van der Waals surface area (Å²) >= 11 is 5.98. The zero-order valence-electron chi connectivity index (χ0n) is 16.2. The summed E-state index contributed by atoms with van der Waals surface area (Å²) in [6, 6.07) is 11.6. The van der Waals surface area contributed by atoms with Crippen molar-refractivity contribution in [2.24, 2.45) is 0 Å². The van der Waals surface area contributed by atoms with Crippen LogP contribution in [0.25, 0.3) is 0 Å². The molecule has 1 aromatic heterocycles. The molecule has 2 unspecified atom stereocenters. The summed E-state index contributed by atoms with van der Waals surface area (Å²) in [6.07, 6.45) is 1.72. The van der Waals surface area contributed by atoms with Gasteiger partial charge in [0.05, 0.1) is 23.9 Å². The number of hydrogen-bond donors (Lipinski definition) is 3. The third-order valence-corrected chi connectivity index (χ3v) is 4.82. The van der Waals surface area contributed by atoms with E-state index >= 15 is 0 Å². The molecule has 152 valence electrons. The van der Waals surface area contributed by atoms with Gasteiger partial charge >= 0.3 is 12.0 Å². The molecule has 2 aromatic rings. The van der Waals surface area contributed by atoms with Crippen molar-refractivity contribution in [3.63, 3.8) is 0 Å². The van der Waals surface area contributed by atoms with E-state index < -0.39 is 12.0 Å². The third-order valence-electron chi connectivity index (χ3n) is 4.57. The molecular weight excluding hydrogens is 392 g/mol. The fourth-order valence-electron chi connectivity index (χ4n) is 3.10. The average molecular weight is 415 g/mol. The molecule has 1 aliphatic rings. The van der Waals surface area contributed by atoms with E-state index in [-0.39, 0.29) is 25.2 Å². The van der Waals surface area contributed by atoms with Crippen LogP contribution in [0.2, 0.25) is 5.02 Å². The molecule has 7 nitrogen and oxygen atoms in total. The van der Waals surface area contributed by atoms with Crippen molar-refractivity contribution in [2.45, 2.75) is 25.9 Å². The number of nitrogens with one attached hydrogen (secondary N) is 3. The minimum Gasteiger partial charge on any atom is -0.463 e. The SMILES string of the molecule is CCOC(=O)C1=C(CNC(C)c2ccccn2)NC(=O)NC1c1ccc(Cl)cc1. The van der Waals surface area contributed by atoms with Crippen LogP contribution in [0.3, 0.4) is 0 Å². The van der Waals surface area contributed by atoms with Gasteiger partial charge in [0.25, 0.3) is 0 Å². The standard InChI is InChI=1S/C21H23ClN4O3/c1-3-29-20(27)18-17(12-24-13(2)16-6-4-5-11-23-16)25-21(28)26-19(18)14-7-9-15(22)10-8-14/h4-11,13,19,24H,3,12H2,1-2H3,(H2,25,26,28). The Morgan fingerprint density at radius 2 is 2.03 bits per heavy atom. The first-order valence-electron chi connectivity index (χ1n) is 9.37. The first kappa shape index (κ1) is 20.8. The van der Waals surface area contributed by atoms with Crippen molar-refractivity contribution in [1.29, 1.82) is 0 Å². The Labute approximate surface area is 174 Å². The Kier molecular flexibility index (Phi) is 6.85. The number of amides is 2. The van der Waals surface area contributed by atoms with E-state index in [9.17, 15) is 9.59 Å². The van der Waals surface area contributed by atoms with Crippen molar-refractivity contribution >= 4 is 23.6 Å². The second kappa shape index (κ2) is 9.54. The normalized spacial score (nSPS) is 17.3. The number of esters is 1. The molecule has 1 aliphatic heterocycles. The highest BCUT2D eigenvalue weighted by Gasteiger charge is 2.33. The second-order valence-corrected chi connectivity index (χ2v) is 6.99. The minimum absolute atomic E-state index is 0.0760. The number of halogens is 1. The topological polar surface area (TPSA) is 92.3 Å². The van der Waals surface area contributed by atoms with Gasteiger partial charge in [0.15, 0.2) is 0 Å². The molecule has 0 aliphatic carbocycles. The second-order valence-electron chi connectivity index (χ2n) is 6.55. The van der Waals surface area contributed by atoms with Gasteiger partial charge in [0.1, 0.15) is 0 Å². The van der Waals surface area contributed by atoms with Crippen LogP contribution < -0.4 is 16.0 Å². The quantitative estimate of drug-likeness (QED) is 0.605. The van der Waals surface area contributed by atoms with Gasteiger partial charge < -0.3 is 20.7 Å². The Bertz CT molecular complexity index is 900. The Morgan fingerprint density at radius 1 is 1.28 bits per heavy atom. The number of hydrogen-bond acceptors (Lipinski definition) is 5. The first-order valence-corrected chi connectivity index (χ1v) is 9.74. The number of ether oxygens (including phenoxy) is 1. The van der Waals surface area contributed by atoms with Crippen LogP contribution in [0.4, 0.5) is 4.79 Å². The summed E-state index contributed by atoms with van der Waals surface area (Å²) in [4.78, 5) is 29.4. The van der Waals surface area contributed by atoms with Crippen molar-refractivity contribution in [3.8, 4) is 0 Å². The van der Waals surface area contributed by atoms with Crippen LogP contribution in [0, 0.1) is 0 Å². The summed E-state index contributed by atoms with van der Waals surface area (Å²) in [5.74, 6) is -0.484. The number of benzene rings is 1. The lowest BCUT2D eigenvalue weighted by Crippen LogP contribution is -2.48. The predicted octanol–water partition coefficient (Wildman–Crippen LogP) is 3.26. The molecule has 3 N–H and O–H groups in total. The molecule has 29 heavy (non-hydrogen) atoms. The van der Waals surface area contributed by atoms with Crippen LogP contribution in [0.15, 0.2) is 59.9 Å². The maximum Gasteiger partial charge on any atom is 0.338 e. The van der Waals surface area contributed by atoms with Gasteiger partial charge in [-0.2, -0.15) is 0 Å². The van der Waals surface area contributed by atoms with E-state index in [0.717, 1.165) is 11.3 Å². The molecule has 2 heterocycles. The van der Waals surface area contributed by atoms with E-state index in [4.69, 9.17) is 16.3 Å². The fourth-order valence-corrected chi connectivity index (χ4v) is 3.23. The molecule has 0 saturated carbocycles. The fraction of sp³-hybridized carbons (Fsp3) is 0.286.